The molecule has 3 rings (SSSR count). The highest BCUT2D eigenvalue weighted by atomic mass is 16.3. The number of nitrogens with one attached hydrogen (secondary N) is 1. The number of aliphatic hydroxyl groups excluding tert-OH is 1. The molecule has 1 heterocycles. The fourth-order valence-electron chi connectivity index (χ4n) is 3.63. The summed E-state index contributed by atoms with van der Waals surface area (Å²) in [6.45, 7) is 5.44. The smallest absolute Gasteiger partial charge is 0.0491 e. The van der Waals surface area contributed by atoms with Crippen LogP contribution in [0.5, 0.6) is 0 Å². The zero-order chi connectivity index (χ0) is 16.1. The summed E-state index contributed by atoms with van der Waals surface area (Å²) >= 11 is 0. The second-order valence-corrected chi connectivity index (χ2v) is 6.64. The van der Waals surface area contributed by atoms with Gasteiger partial charge in [-0.25, -0.2) is 0 Å². The van der Waals surface area contributed by atoms with Crippen molar-refractivity contribution in [3.63, 3.8) is 0 Å². The van der Waals surface area contributed by atoms with Gasteiger partial charge >= 0.3 is 0 Å². The normalized spacial score (nSPS) is 25.2. The maximum atomic E-state index is 9.87. The van der Waals surface area contributed by atoms with Crippen molar-refractivity contribution >= 4 is 5.69 Å². The van der Waals surface area contributed by atoms with Crippen LogP contribution >= 0.6 is 0 Å². The fourth-order valence-corrected chi connectivity index (χ4v) is 3.63. The first-order chi connectivity index (χ1) is 11.3. The number of nitrogens with zero attached hydrogens (tertiary/aromatic N) is 1. The quantitative estimate of drug-likeness (QED) is 0.890. The summed E-state index contributed by atoms with van der Waals surface area (Å²) in [5, 5.41) is 13.5. The van der Waals surface area contributed by atoms with Gasteiger partial charge in [-0.15, -0.1) is 0 Å². The minimum absolute atomic E-state index is 0.222. The summed E-state index contributed by atoms with van der Waals surface area (Å²) in [5.74, 6) is 0.743. The lowest BCUT2D eigenvalue weighted by molar-refractivity contribution is 0.0736. The van der Waals surface area contributed by atoms with E-state index >= 15 is 0 Å². The van der Waals surface area contributed by atoms with Crippen LogP contribution in [0.4, 0.5) is 5.69 Å². The molecule has 2 aromatic rings. The minimum atomic E-state index is 0.222. The lowest BCUT2D eigenvalue weighted by atomic mass is 9.84. The van der Waals surface area contributed by atoms with Gasteiger partial charge in [-0.05, 0) is 23.6 Å². The van der Waals surface area contributed by atoms with Crippen molar-refractivity contribution in [3.8, 4) is 0 Å². The molecule has 1 aliphatic rings. The number of piperidine rings is 1. The predicted molar refractivity (Wildman–Crippen MR) is 95.3 cm³/mol. The van der Waals surface area contributed by atoms with E-state index < -0.39 is 0 Å². The molecule has 0 aromatic heterocycles. The number of likely N-dealkylation sites (tertiary alicyclic amines) is 1. The zero-order valence-electron chi connectivity index (χ0n) is 13.7. The SMILES string of the molecule is CC1CN(Cc2ccccc2)CC(CO)C1Nc1ccccc1. The molecule has 0 saturated carbocycles. The van der Waals surface area contributed by atoms with Crippen LogP contribution in [-0.4, -0.2) is 35.7 Å². The van der Waals surface area contributed by atoms with Crippen molar-refractivity contribution in [1.29, 1.82) is 0 Å². The van der Waals surface area contributed by atoms with Gasteiger partial charge in [-0.1, -0.05) is 55.5 Å². The van der Waals surface area contributed by atoms with Gasteiger partial charge in [0, 0.05) is 43.9 Å². The Kier molecular flexibility index (Phi) is 5.31. The average molecular weight is 310 g/mol. The summed E-state index contributed by atoms with van der Waals surface area (Å²) in [4.78, 5) is 2.46. The molecule has 2 aromatic carbocycles. The Labute approximate surface area is 139 Å². The van der Waals surface area contributed by atoms with Gasteiger partial charge in [0.1, 0.15) is 0 Å². The molecule has 3 unspecified atom stereocenters. The molecule has 0 bridgehead atoms. The minimum Gasteiger partial charge on any atom is -0.396 e. The van der Waals surface area contributed by atoms with Crippen molar-refractivity contribution in [2.24, 2.45) is 11.8 Å². The second kappa shape index (κ2) is 7.62. The number of hydrogen-bond acceptors (Lipinski definition) is 3. The third-order valence-electron chi connectivity index (χ3n) is 4.75. The van der Waals surface area contributed by atoms with Gasteiger partial charge in [0.25, 0.3) is 0 Å². The van der Waals surface area contributed by atoms with Crippen molar-refractivity contribution < 1.29 is 5.11 Å². The lowest BCUT2D eigenvalue weighted by Gasteiger charge is -2.43. The van der Waals surface area contributed by atoms with Gasteiger partial charge in [-0.2, -0.15) is 0 Å². The topological polar surface area (TPSA) is 35.5 Å². The molecule has 3 nitrogen and oxygen atoms in total. The van der Waals surface area contributed by atoms with Gasteiger partial charge in [0.15, 0.2) is 0 Å². The molecule has 1 fully saturated rings. The molecule has 122 valence electrons. The fraction of sp³-hybridized carbons (Fsp3) is 0.400. The second-order valence-electron chi connectivity index (χ2n) is 6.64. The predicted octanol–water partition coefficient (Wildman–Crippen LogP) is 3.23. The molecule has 2 N–H and O–H groups in total. The largest absolute Gasteiger partial charge is 0.396 e. The average Bonchev–Trinajstić information content (AvgIpc) is 2.59. The molecule has 0 aliphatic carbocycles. The molecule has 3 atom stereocenters. The summed E-state index contributed by atoms with van der Waals surface area (Å²) in [7, 11) is 0. The standard InChI is InChI=1S/C20H26N2O/c1-16-12-22(13-17-8-4-2-5-9-17)14-18(15-23)20(16)21-19-10-6-3-7-11-19/h2-11,16,18,20-21,23H,12-15H2,1H3. The zero-order valence-corrected chi connectivity index (χ0v) is 13.7. The number of hydrogen-bond donors (Lipinski definition) is 2. The van der Waals surface area contributed by atoms with Crippen LogP contribution in [-0.2, 0) is 6.54 Å². The van der Waals surface area contributed by atoms with Crippen LogP contribution in [0.2, 0.25) is 0 Å². The molecular formula is C20H26N2O. The third-order valence-corrected chi connectivity index (χ3v) is 4.75. The number of anilines is 1. The highest BCUT2D eigenvalue weighted by molar-refractivity contribution is 5.44. The molecule has 1 saturated heterocycles. The van der Waals surface area contributed by atoms with E-state index in [1.165, 1.54) is 5.56 Å². The molecule has 0 radical (unpaired) electrons. The Morgan fingerprint density at radius 3 is 2.30 bits per heavy atom. The first kappa shape index (κ1) is 16.0. The van der Waals surface area contributed by atoms with E-state index in [1.807, 2.05) is 18.2 Å². The number of aliphatic hydroxyl groups is 1. The van der Waals surface area contributed by atoms with E-state index in [0.717, 1.165) is 25.3 Å². The van der Waals surface area contributed by atoms with Crippen LogP contribution in [0.25, 0.3) is 0 Å². The van der Waals surface area contributed by atoms with Crippen molar-refractivity contribution in [1.82, 2.24) is 4.90 Å². The summed E-state index contributed by atoms with van der Waals surface area (Å²) in [6, 6.07) is 21.2. The Bertz CT molecular complexity index is 587. The molecule has 23 heavy (non-hydrogen) atoms. The number of para-hydroxylation sites is 1. The Morgan fingerprint density at radius 2 is 1.65 bits per heavy atom. The van der Waals surface area contributed by atoms with E-state index in [1.54, 1.807) is 0 Å². The van der Waals surface area contributed by atoms with Crippen molar-refractivity contribution in [3.05, 3.63) is 66.2 Å². The first-order valence-corrected chi connectivity index (χ1v) is 8.45. The summed E-state index contributed by atoms with van der Waals surface area (Å²) < 4.78 is 0. The van der Waals surface area contributed by atoms with E-state index in [2.05, 4.69) is 59.6 Å². The van der Waals surface area contributed by atoms with Gasteiger partial charge in [0.2, 0.25) is 0 Å². The molecule has 0 spiro atoms. The number of rotatable bonds is 5. The Hall–Kier alpha value is -1.84. The van der Waals surface area contributed by atoms with Gasteiger partial charge in [-0.3, -0.25) is 4.90 Å². The highest BCUT2D eigenvalue weighted by Crippen LogP contribution is 2.26. The van der Waals surface area contributed by atoms with Crippen LogP contribution < -0.4 is 5.32 Å². The van der Waals surface area contributed by atoms with Crippen LogP contribution in [0.15, 0.2) is 60.7 Å². The van der Waals surface area contributed by atoms with E-state index in [9.17, 15) is 5.11 Å². The van der Waals surface area contributed by atoms with Gasteiger partial charge in [0.05, 0.1) is 0 Å². The molecular weight excluding hydrogens is 284 g/mol. The first-order valence-electron chi connectivity index (χ1n) is 8.45. The number of benzene rings is 2. The maximum absolute atomic E-state index is 9.87. The van der Waals surface area contributed by atoms with E-state index in [0.29, 0.717) is 12.0 Å². The molecule has 0 amide bonds. The molecule has 1 aliphatic heterocycles. The highest BCUT2D eigenvalue weighted by Gasteiger charge is 2.34. The van der Waals surface area contributed by atoms with Crippen molar-refractivity contribution in [2.75, 3.05) is 25.0 Å². The van der Waals surface area contributed by atoms with Crippen LogP contribution in [0.1, 0.15) is 12.5 Å². The third kappa shape index (κ3) is 4.12. The Balaban J connectivity index is 1.66. The van der Waals surface area contributed by atoms with Crippen LogP contribution in [0, 0.1) is 11.8 Å². The molecule has 3 heteroatoms. The van der Waals surface area contributed by atoms with Crippen LogP contribution in [0.3, 0.4) is 0 Å². The van der Waals surface area contributed by atoms with Gasteiger partial charge < -0.3 is 10.4 Å². The van der Waals surface area contributed by atoms with E-state index in [4.69, 9.17) is 0 Å². The summed E-state index contributed by atoms with van der Waals surface area (Å²) in [6.07, 6.45) is 0. The Morgan fingerprint density at radius 1 is 1.00 bits per heavy atom. The lowest BCUT2D eigenvalue weighted by Crippen LogP contribution is -2.52. The maximum Gasteiger partial charge on any atom is 0.0491 e. The van der Waals surface area contributed by atoms with Crippen molar-refractivity contribution in [2.45, 2.75) is 19.5 Å². The summed E-state index contributed by atoms with van der Waals surface area (Å²) in [5.41, 5.74) is 2.48. The monoisotopic (exact) mass is 310 g/mol. The van der Waals surface area contributed by atoms with E-state index in [-0.39, 0.29) is 12.5 Å².